The minimum absolute atomic E-state index is 0. The summed E-state index contributed by atoms with van der Waals surface area (Å²) in [5, 5.41) is 9.74. The Labute approximate surface area is 542 Å². The van der Waals surface area contributed by atoms with E-state index in [1.807, 2.05) is 60.8 Å². The number of pyridine rings is 1. The van der Waals surface area contributed by atoms with Crippen molar-refractivity contribution in [1.82, 2.24) is 14.0 Å². The number of imidazole rings is 1. The molecular weight excluding hydrogens is 1280 g/mol. The van der Waals surface area contributed by atoms with Gasteiger partial charge in [-0.05, 0) is 130 Å². The van der Waals surface area contributed by atoms with Crippen molar-refractivity contribution in [1.29, 1.82) is 0 Å². The maximum atomic E-state index is 9.90. The summed E-state index contributed by atoms with van der Waals surface area (Å²) in [5.41, 5.74) is 14.3. The predicted molar refractivity (Wildman–Crippen MR) is 366 cm³/mol. The van der Waals surface area contributed by atoms with Crippen molar-refractivity contribution in [2.75, 3.05) is 0 Å². The molecule has 17 aromatic rings. The quantitative estimate of drug-likeness (QED) is 0.127. The van der Waals surface area contributed by atoms with Crippen LogP contribution in [0.2, 0.25) is 0 Å². The molecule has 0 unspecified atom stereocenters. The summed E-state index contributed by atoms with van der Waals surface area (Å²) in [6.45, 7) is 6.62. The van der Waals surface area contributed by atoms with Gasteiger partial charge in [0.15, 0.2) is 0 Å². The van der Waals surface area contributed by atoms with E-state index < -0.39 is 18.1 Å². The molecule has 428 valence electrons. The molecule has 6 nitrogen and oxygen atoms in total. The first kappa shape index (κ1) is 49.3. The molecule has 18 rings (SSSR count). The fourth-order valence-corrected chi connectivity index (χ4v) is 13.8. The van der Waals surface area contributed by atoms with E-state index in [0.29, 0.717) is 33.8 Å². The van der Waals surface area contributed by atoms with Gasteiger partial charge >= 0.3 is 21.1 Å². The van der Waals surface area contributed by atoms with E-state index in [9.17, 15) is 5.48 Å². The van der Waals surface area contributed by atoms with E-state index in [0.717, 1.165) is 137 Å². The standard InChI is InChI=1S/C82H52N4O2.CH3.Pt/c1-82(2,3)52-42-43-83-77(46-52)86-73-34-17-15-30-64(73)66-39-37-54(48-75(66)86)87-53-36-38-65-60-26-11-7-22-56(60)57-23-8-12-27-61(57)68-40-41-69-62-28-13-9-24-58(62)59-25-10-14-29-63(59)72-45-51(55-32-19-33-70-67-31-16-18-35-76(67)88-81(55)70)44-71(50-20-5-4-6-21-50)78(72)85-49-84(74(65)47-53)79(68)80(69)85;;/h4-46H,1-3H3;1H3;/q-2;-1;+4/i4D,5D,6D,20D,21D;;. The number of rotatable bonds is 5. The van der Waals surface area contributed by atoms with Gasteiger partial charge in [-0.3, -0.25) is 4.57 Å². The fraction of sp³-hybridized carbons (Fsp3) is 0.0482. The van der Waals surface area contributed by atoms with Crippen molar-refractivity contribution >= 4 is 92.6 Å². The van der Waals surface area contributed by atoms with Gasteiger partial charge in [0.25, 0.3) is 6.33 Å². The van der Waals surface area contributed by atoms with Crippen molar-refractivity contribution in [2.45, 2.75) is 26.2 Å². The van der Waals surface area contributed by atoms with E-state index in [4.69, 9.17) is 15.5 Å². The largest absolute Gasteiger partial charge is 4.00 e. The minimum Gasteiger partial charge on any atom is -0.510 e. The van der Waals surface area contributed by atoms with E-state index in [1.165, 1.54) is 0 Å². The van der Waals surface area contributed by atoms with Crippen LogP contribution in [0.15, 0.2) is 265 Å². The first-order chi connectivity index (χ1) is 45.4. The number of para-hydroxylation sites is 3. The Balaban J connectivity index is 0.00000356. The van der Waals surface area contributed by atoms with Crippen molar-refractivity contribution in [2.24, 2.45) is 0 Å². The zero-order valence-corrected chi connectivity index (χ0v) is 51.6. The Morgan fingerprint density at radius 3 is 1.72 bits per heavy atom. The summed E-state index contributed by atoms with van der Waals surface area (Å²) in [7, 11) is 0. The molecule has 7 heteroatoms. The number of hydrogen-bond acceptors (Lipinski definition) is 3. The first-order valence-electron chi connectivity index (χ1n) is 32.1. The topological polar surface area (TPSA) is 48.5 Å². The van der Waals surface area contributed by atoms with Crippen LogP contribution in [0, 0.1) is 25.9 Å². The molecular formula is C83H55N4O2Pt+. The van der Waals surface area contributed by atoms with Gasteiger partial charge in [-0.2, -0.15) is 12.1 Å². The molecule has 0 fully saturated rings. The zero-order chi connectivity index (χ0) is 62.7. The molecule has 6 heterocycles. The molecule has 0 bridgehead atoms. The van der Waals surface area contributed by atoms with Crippen LogP contribution in [0.4, 0.5) is 0 Å². The molecule has 0 N–H and O–H groups in total. The second-order valence-corrected chi connectivity index (χ2v) is 23.8. The number of nitrogens with zero attached hydrogens (tertiary/aromatic N) is 4. The van der Waals surface area contributed by atoms with Crippen LogP contribution in [0.25, 0.3) is 160 Å². The molecule has 0 aliphatic carbocycles. The third kappa shape index (κ3) is 8.35. The number of aromatic nitrogens is 4. The SMILES string of the molecule is [2H]c1c([2H])c([2H])c(-c2cc(-c3cccc4c3oc3ccccc34)cc3c2-[n+]2[c-]n4c5[c-]c(Oc6[c-]c7c(cc6)c6ccccc6n7-c6cc(C(C)(C)C)ccn6)ccc5c5ccccc5c5ccccc5c5ccc(c2c54)-c2ccccc2-c2ccccc2-3)c([2H])c1[2H].[CH3-].[Pt+4]. The number of ether oxygens (including phenoxy) is 1. The van der Waals surface area contributed by atoms with Crippen LogP contribution in [-0.4, -0.2) is 14.0 Å². The van der Waals surface area contributed by atoms with Crippen LogP contribution in [-0.2, 0) is 26.5 Å². The van der Waals surface area contributed by atoms with Gasteiger partial charge in [0.1, 0.15) is 17.0 Å². The van der Waals surface area contributed by atoms with Gasteiger partial charge in [-0.15, -0.1) is 35.0 Å². The van der Waals surface area contributed by atoms with E-state index in [-0.39, 0.29) is 51.6 Å². The summed E-state index contributed by atoms with van der Waals surface area (Å²) < 4.78 is 67.5. The minimum atomic E-state index is -0.485. The maximum absolute atomic E-state index is 9.90. The van der Waals surface area contributed by atoms with Crippen molar-refractivity contribution < 1.29 is 41.6 Å². The van der Waals surface area contributed by atoms with Crippen LogP contribution >= 0.6 is 0 Å². The van der Waals surface area contributed by atoms with Gasteiger partial charge < -0.3 is 25.5 Å². The van der Waals surface area contributed by atoms with Crippen molar-refractivity contribution in [3.05, 3.63) is 292 Å². The van der Waals surface area contributed by atoms with Crippen LogP contribution < -0.4 is 9.30 Å². The summed E-state index contributed by atoms with van der Waals surface area (Å²) in [5.74, 6) is 1.69. The molecule has 0 amide bonds. The molecule has 0 saturated heterocycles. The second-order valence-electron chi connectivity index (χ2n) is 23.8. The Morgan fingerprint density at radius 2 is 1.02 bits per heavy atom. The van der Waals surface area contributed by atoms with Gasteiger partial charge in [0.05, 0.1) is 23.6 Å². The van der Waals surface area contributed by atoms with Crippen LogP contribution in [0.3, 0.4) is 0 Å². The van der Waals surface area contributed by atoms with Gasteiger partial charge in [-0.25, -0.2) is 4.98 Å². The zero-order valence-electron chi connectivity index (χ0n) is 54.4. The predicted octanol–water partition coefficient (Wildman–Crippen LogP) is 21.4. The summed E-state index contributed by atoms with van der Waals surface area (Å²) in [6, 6.07) is 82.7. The van der Waals surface area contributed by atoms with E-state index in [2.05, 4.69) is 223 Å². The summed E-state index contributed by atoms with van der Waals surface area (Å²) in [4.78, 5) is 4.95. The van der Waals surface area contributed by atoms with Gasteiger partial charge in [0.2, 0.25) is 0 Å². The maximum Gasteiger partial charge on any atom is 4.00 e. The summed E-state index contributed by atoms with van der Waals surface area (Å²) >= 11 is 0. The molecule has 5 aromatic heterocycles. The summed E-state index contributed by atoms with van der Waals surface area (Å²) in [6.07, 6.45) is 5.90. The van der Waals surface area contributed by atoms with Crippen LogP contribution in [0.1, 0.15) is 33.2 Å². The number of fused-ring (bicyclic) bond motifs is 20. The molecule has 1 aliphatic heterocycles. The van der Waals surface area contributed by atoms with E-state index >= 15 is 0 Å². The Kier molecular flexibility index (Phi) is 11.5. The molecule has 90 heavy (non-hydrogen) atoms. The first-order valence-corrected chi connectivity index (χ1v) is 29.6. The number of benzene rings is 12. The molecule has 0 atom stereocenters. The fourth-order valence-electron chi connectivity index (χ4n) is 13.8. The molecule has 0 saturated carbocycles. The Bertz CT molecular complexity index is 6150. The molecule has 12 aromatic carbocycles. The van der Waals surface area contributed by atoms with Crippen molar-refractivity contribution in [3.8, 4) is 78.6 Å². The monoisotopic (exact) mass is 1340 g/mol. The van der Waals surface area contributed by atoms with Gasteiger partial charge in [0, 0.05) is 39.5 Å². The normalized spacial score (nSPS) is 12.8. The smallest absolute Gasteiger partial charge is 0.510 e. The number of hydrogen-bond donors (Lipinski definition) is 0. The number of furan rings is 1. The van der Waals surface area contributed by atoms with Crippen molar-refractivity contribution in [3.63, 3.8) is 0 Å². The molecule has 0 spiro atoms. The molecule has 0 radical (unpaired) electrons. The third-order valence-corrected chi connectivity index (χ3v) is 17.8. The average Bonchev–Trinajstić information content (AvgIpc) is 1.60. The molecule has 1 aliphatic rings. The third-order valence-electron chi connectivity index (χ3n) is 17.8. The second kappa shape index (κ2) is 21.0. The Morgan fingerprint density at radius 1 is 0.478 bits per heavy atom. The van der Waals surface area contributed by atoms with E-state index in [1.54, 1.807) is 0 Å². The average molecular weight is 1340 g/mol. The Hall–Kier alpha value is -10.7. The van der Waals surface area contributed by atoms with Crippen LogP contribution in [0.5, 0.6) is 11.5 Å². The van der Waals surface area contributed by atoms with Gasteiger partial charge in [-0.1, -0.05) is 226 Å².